The Morgan fingerprint density at radius 3 is 2.50 bits per heavy atom. The zero-order valence-corrected chi connectivity index (χ0v) is 12.2. The first kappa shape index (κ1) is 14.6. The summed E-state index contributed by atoms with van der Waals surface area (Å²) in [5.41, 5.74) is 0.0288. The van der Waals surface area contributed by atoms with Crippen molar-refractivity contribution in [3.63, 3.8) is 0 Å². The summed E-state index contributed by atoms with van der Waals surface area (Å²) in [5, 5.41) is 12.9. The van der Waals surface area contributed by atoms with Gasteiger partial charge in [0.1, 0.15) is 5.76 Å². The highest BCUT2D eigenvalue weighted by Gasteiger charge is 2.38. The number of likely N-dealkylation sites (tertiary alicyclic amines) is 1. The lowest BCUT2D eigenvalue weighted by atomic mass is 9.93. The van der Waals surface area contributed by atoms with Crippen LogP contribution in [0.2, 0.25) is 0 Å². The van der Waals surface area contributed by atoms with Crippen LogP contribution in [0.1, 0.15) is 43.9 Å². The van der Waals surface area contributed by atoms with Crippen LogP contribution in [-0.4, -0.2) is 40.1 Å². The van der Waals surface area contributed by atoms with Gasteiger partial charge in [0.05, 0.1) is 5.92 Å². The van der Waals surface area contributed by atoms with Gasteiger partial charge in [-0.15, -0.1) is 0 Å². The van der Waals surface area contributed by atoms with Gasteiger partial charge in [0, 0.05) is 24.6 Å². The molecule has 6 nitrogen and oxygen atoms in total. The monoisotopic (exact) mass is 280 g/mol. The quantitative estimate of drug-likeness (QED) is 0.892. The van der Waals surface area contributed by atoms with Gasteiger partial charge in [0.15, 0.2) is 5.69 Å². The van der Waals surface area contributed by atoms with Gasteiger partial charge in [-0.05, 0) is 5.92 Å². The molecular formula is C14H20N2O4. The second kappa shape index (κ2) is 4.92. The van der Waals surface area contributed by atoms with Crippen molar-refractivity contribution in [3.8, 4) is 0 Å². The van der Waals surface area contributed by atoms with Gasteiger partial charge in [-0.25, -0.2) is 0 Å². The molecular weight excluding hydrogens is 260 g/mol. The van der Waals surface area contributed by atoms with Gasteiger partial charge in [0.2, 0.25) is 0 Å². The topological polar surface area (TPSA) is 83.6 Å². The van der Waals surface area contributed by atoms with Crippen LogP contribution in [0.3, 0.4) is 0 Å². The molecule has 0 radical (unpaired) electrons. The number of carbonyl (C=O) groups is 2. The predicted molar refractivity (Wildman–Crippen MR) is 71.4 cm³/mol. The van der Waals surface area contributed by atoms with E-state index in [1.54, 1.807) is 6.07 Å². The first-order chi connectivity index (χ1) is 9.20. The number of carboxylic acid groups (broad SMARTS) is 1. The molecule has 0 saturated carbocycles. The highest BCUT2D eigenvalue weighted by atomic mass is 16.5. The normalized spacial score (nSPS) is 23.1. The maximum atomic E-state index is 12.3. The summed E-state index contributed by atoms with van der Waals surface area (Å²) in [4.78, 5) is 24.9. The van der Waals surface area contributed by atoms with Crippen LogP contribution in [0.15, 0.2) is 10.6 Å². The Labute approximate surface area is 117 Å². The molecule has 2 rings (SSSR count). The highest BCUT2D eigenvalue weighted by molar-refractivity contribution is 5.93. The number of rotatable bonds is 2. The summed E-state index contributed by atoms with van der Waals surface area (Å²) in [5.74, 6) is -1.04. The zero-order valence-electron chi connectivity index (χ0n) is 12.2. The Kier molecular flexibility index (Phi) is 3.58. The minimum absolute atomic E-state index is 0.0505. The number of carboxylic acids is 1. The largest absolute Gasteiger partial charge is 0.481 e. The fraction of sp³-hybridized carbons (Fsp3) is 0.643. The summed E-state index contributed by atoms with van der Waals surface area (Å²) >= 11 is 0. The van der Waals surface area contributed by atoms with Crippen molar-refractivity contribution in [1.82, 2.24) is 10.1 Å². The number of hydrogen-bond acceptors (Lipinski definition) is 4. The second-order valence-electron chi connectivity index (χ2n) is 6.46. The Morgan fingerprint density at radius 2 is 2.05 bits per heavy atom. The Bertz CT molecular complexity index is 530. The van der Waals surface area contributed by atoms with Crippen LogP contribution in [0, 0.1) is 11.8 Å². The van der Waals surface area contributed by atoms with E-state index < -0.39 is 11.9 Å². The first-order valence-electron chi connectivity index (χ1n) is 6.69. The molecule has 1 aliphatic heterocycles. The summed E-state index contributed by atoms with van der Waals surface area (Å²) in [6.45, 7) is 8.43. The van der Waals surface area contributed by atoms with Gasteiger partial charge in [-0.2, -0.15) is 0 Å². The number of amides is 1. The average Bonchev–Trinajstić information content (AvgIpc) is 2.93. The third kappa shape index (κ3) is 2.69. The van der Waals surface area contributed by atoms with Crippen molar-refractivity contribution in [2.45, 2.75) is 33.1 Å². The Balaban J connectivity index is 2.13. The van der Waals surface area contributed by atoms with Gasteiger partial charge in [0.25, 0.3) is 5.91 Å². The molecule has 6 heteroatoms. The maximum absolute atomic E-state index is 12.3. The van der Waals surface area contributed by atoms with E-state index in [0.29, 0.717) is 12.3 Å². The molecule has 1 aromatic heterocycles. The second-order valence-corrected chi connectivity index (χ2v) is 6.46. The maximum Gasteiger partial charge on any atom is 0.308 e. The first-order valence-corrected chi connectivity index (χ1v) is 6.69. The summed E-state index contributed by atoms with van der Waals surface area (Å²) in [6, 6.07) is 1.64. The van der Waals surface area contributed by atoms with Gasteiger partial charge in [-0.1, -0.05) is 32.9 Å². The van der Waals surface area contributed by atoms with Gasteiger partial charge < -0.3 is 14.5 Å². The predicted octanol–water partition coefficient (Wildman–Crippen LogP) is 1.76. The SMILES string of the molecule is C[C@@H]1CN(C(=O)c2cc(C(C)(C)C)on2)C[C@H]1C(=O)O. The zero-order chi connectivity index (χ0) is 15.1. The highest BCUT2D eigenvalue weighted by Crippen LogP contribution is 2.26. The average molecular weight is 280 g/mol. The number of carbonyl (C=O) groups excluding carboxylic acids is 1. The standard InChI is InChI=1S/C14H20N2O4/c1-8-6-16(7-9(8)13(18)19)12(17)10-5-11(20-15-10)14(2,3)4/h5,8-9H,6-7H2,1-4H3,(H,18,19)/t8-,9-/m1/s1. The molecule has 1 fully saturated rings. The van der Waals surface area contributed by atoms with E-state index in [2.05, 4.69) is 5.16 Å². The molecule has 1 amide bonds. The lowest BCUT2D eigenvalue weighted by Gasteiger charge is -2.14. The van der Waals surface area contributed by atoms with Crippen LogP contribution in [0.4, 0.5) is 0 Å². The molecule has 2 heterocycles. The Hall–Kier alpha value is -1.85. The van der Waals surface area contributed by atoms with Crippen LogP contribution in [0.5, 0.6) is 0 Å². The minimum atomic E-state index is -0.858. The summed E-state index contributed by atoms with van der Waals surface area (Å²) in [6.07, 6.45) is 0. The van der Waals surface area contributed by atoms with E-state index in [9.17, 15) is 9.59 Å². The van der Waals surface area contributed by atoms with Crippen molar-refractivity contribution < 1.29 is 19.2 Å². The van der Waals surface area contributed by atoms with E-state index in [-0.39, 0.29) is 29.5 Å². The molecule has 0 bridgehead atoms. The van der Waals surface area contributed by atoms with Crippen LogP contribution in [0.25, 0.3) is 0 Å². The summed E-state index contributed by atoms with van der Waals surface area (Å²) in [7, 11) is 0. The molecule has 20 heavy (non-hydrogen) atoms. The third-order valence-electron chi connectivity index (χ3n) is 3.69. The molecule has 1 N–H and O–H groups in total. The number of hydrogen-bond donors (Lipinski definition) is 1. The third-order valence-corrected chi connectivity index (χ3v) is 3.69. The molecule has 0 spiro atoms. The van der Waals surface area contributed by atoms with Crippen molar-refractivity contribution in [2.75, 3.05) is 13.1 Å². The smallest absolute Gasteiger partial charge is 0.308 e. The van der Waals surface area contributed by atoms with Crippen LogP contribution < -0.4 is 0 Å². The molecule has 0 unspecified atom stereocenters. The van der Waals surface area contributed by atoms with Gasteiger partial charge >= 0.3 is 5.97 Å². The molecule has 0 aliphatic carbocycles. The van der Waals surface area contributed by atoms with Crippen molar-refractivity contribution in [1.29, 1.82) is 0 Å². The van der Waals surface area contributed by atoms with E-state index in [4.69, 9.17) is 9.63 Å². The number of aromatic nitrogens is 1. The number of nitrogens with zero attached hydrogens (tertiary/aromatic N) is 2. The fourth-order valence-electron chi connectivity index (χ4n) is 2.35. The van der Waals surface area contributed by atoms with Crippen LogP contribution >= 0.6 is 0 Å². The Morgan fingerprint density at radius 1 is 1.40 bits per heavy atom. The van der Waals surface area contributed by atoms with Crippen molar-refractivity contribution in [3.05, 3.63) is 17.5 Å². The van der Waals surface area contributed by atoms with Crippen molar-refractivity contribution in [2.24, 2.45) is 11.8 Å². The lowest BCUT2D eigenvalue weighted by Crippen LogP contribution is -2.30. The van der Waals surface area contributed by atoms with Crippen LogP contribution in [-0.2, 0) is 10.2 Å². The van der Waals surface area contributed by atoms with Gasteiger partial charge in [-0.3, -0.25) is 9.59 Å². The fourth-order valence-corrected chi connectivity index (χ4v) is 2.35. The molecule has 1 aliphatic rings. The van der Waals surface area contributed by atoms with E-state index >= 15 is 0 Å². The molecule has 110 valence electrons. The molecule has 1 aromatic rings. The molecule has 1 saturated heterocycles. The molecule has 0 aromatic carbocycles. The minimum Gasteiger partial charge on any atom is -0.481 e. The summed E-state index contributed by atoms with van der Waals surface area (Å²) < 4.78 is 5.20. The van der Waals surface area contributed by atoms with E-state index in [1.807, 2.05) is 27.7 Å². The van der Waals surface area contributed by atoms with E-state index in [0.717, 1.165) is 0 Å². The molecule has 2 atom stereocenters. The van der Waals surface area contributed by atoms with Crippen molar-refractivity contribution >= 4 is 11.9 Å². The number of aliphatic carboxylic acids is 1. The van der Waals surface area contributed by atoms with E-state index in [1.165, 1.54) is 4.90 Å². The lowest BCUT2D eigenvalue weighted by molar-refractivity contribution is -0.142.